The van der Waals surface area contributed by atoms with E-state index in [1.54, 1.807) is 0 Å². The van der Waals surface area contributed by atoms with Gasteiger partial charge in [-0.25, -0.2) is 4.98 Å². The van der Waals surface area contributed by atoms with Crippen LogP contribution in [0.4, 0.5) is 0 Å². The van der Waals surface area contributed by atoms with Crippen LogP contribution < -0.4 is 15.9 Å². The average Bonchev–Trinajstić information content (AvgIpc) is 3.08. The summed E-state index contributed by atoms with van der Waals surface area (Å²) in [7, 11) is -3.09. The van der Waals surface area contributed by atoms with Gasteiger partial charge >= 0.3 is 0 Å². The minimum absolute atomic E-state index is 0.0755. The minimum atomic E-state index is -3.09. The second-order valence-corrected chi connectivity index (χ2v) is 17.9. The molecule has 1 aromatic heterocycles. The third-order valence-electron chi connectivity index (χ3n) is 9.28. The number of rotatable bonds is 6. The predicted molar refractivity (Wildman–Crippen MR) is 207 cm³/mol. The standard InChI is InChI=1S/C45H46NOP/c1-31-9-23-39(24-10-31)48(47,40-25-11-32(2)12-26-40)41-27-17-33(18-28-41)36-29-42(34-13-19-37(20-14-34)44(3,4)5)46-43(30-36)35-15-21-38(22-16-35)45(6,7)8/h9-30H,1-8H3. The monoisotopic (exact) mass is 647 g/mol. The largest absolute Gasteiger partial charge is 0.309 e. The molecule has 0 saturated heterocycles. The van der Waals surface area contributed by atoms with Crippen LogP contribution in [-0.4, -0.2) is 4.98 Å². The molecule has 2 nitrogen and oxygen atoms in total. The summed E-state index contributed by atoms with van der Waals surface area (Å²) in [4.78, 5) is 5.19. The lowest BCUT2D eigenvalue weighted by Gasteiger charge is -2.21. The Balaban J connectivity index is 1.46. The topological polar surface area (TPSA) is 30.0 Å². The first-order chi connectivity index (χ1) is 22.7. The maximum absolute atomic E-state index is 15.2. The van der Waals surface area contributed by atoms with Gasteiger partial charge in [0.2, 0.25) is 0 Å². The van der Waals surface area contributed by atoms with Gasteiger partial charge in [-0.05, 0) is 59.1 Å². The van der Waals surface area contributed by atoms with Crippen molar-refractivity contribution in [2.45, 2.75) is 66.2 Å². The summed E-state index contributed by atoms with van der Waals surface area (Å²) in [5.74, 6) is 0. The Morgan fingerprint density at radius 1 is 0.417 bits per heavy atom. The van der Waals surface area contributed by atoms with E-state index in [2.05, 4.69) is 128 Å². The highest BCUT2D eigenvalue weighted by Crippen LogP contribution is 2.43. The molecule has 0 aliphatic heterocycles. The van der Waals surface area contributed by atoms with Crippen molar-refractivity contribution in [2.75, 3.05) is 0 Å². The van der Waals surface area contributed by atoms with Gasteiger partial charge in [-0.3, -0.25) is 0 Å². The second-order valence-electron chi connectivity index (χ2n) is 15.1. The number of aromatic nitrogens is 1. The molecular formula is C45H46NOP. The van der Waals surface area contributed by atoms with Crippen molar-refractivity contribution in [3.8, 4) is 33.6 Å². The number of benzene rings is 5. The molecule has 0 unspecified atom stereocenters. The van der Waals surface area contributed by atoms with Crippen LogP contribution in [0, 0.1) is 13.8 Å². The van der Waals surface area contributed by atoms with Crippen LogP contribution in [0.5, 0.6) is 0 Å². The van der Waals surface area contributed by atoms with Crippen molar-refractivity contribution >= 4 is 23.1 Å². The average molecular weight is 648 g/mol. The molecule has 0 radical (unpaired) electrons. The summed E-state index contributed by atoms with van der Waals surface area (Å²) in [5, 5.41) is 2.51. The molecule has 0 saturated carbocycles. The van der Waals surface area contributed by atoms with Crippen LogP contribution >= 0.6 is 7.14 Å². The Hall–Kier alpha value is -4.52. The molecule has 0 aliphatic carbocycles. The van der Waals surface area contributed by atoms with Crippen LogP contribution in [0.1, 0.15) is 63.8 Å². The molecule has 0 N–H and O–H groups in total. The van der Waals surface area contributed by atoms with E-state index >= 15 is 4.57 Å². The first kappa shape index (κ1) is 33.4. The van der Waals surface area contributed by atoms with E-state index < -0.39 is 7.14 Å². The van der Waals surface area contributed by atoms with Crippen molar-refractivity contribution in [3.63, 3.8) is 0 Å². The highest BCUT2D eigenvalue weighted by atomic mass is 31.2. The Morgan fingerprint density at radius 2 is 0.729 bits per heavy atom. The Bertz CT molecular complexity index is 1950. The van der Waals surface area contributed by atoms with Gasteiger partial charge in [-0.2, -0.15) is 0 Å². The summed E-state index contributed by atoms with van der Waals surface area (Å²) in [6.07, 6.45) is 0. The molecule has 48 heavy (non-hydrogen) atoms. The quantitative estimate of drug-likeness (QED) is 0.168. The molecule has 5 aromatic carbocycles. The van der Waals surface area contributed by atoms with Crippen molar-refractivity contribution in [1.29, 1.82) is 0 Å². The number of hydrogen-bond donors (Lipinski definition) is 0. The fraction of sp³-hybridized carbons (Fsp3) is 0.222. The Morgan fingerprint density at radius 3 is 1.06 bits per heavy atom. The van der Waals surface area contributed by atoms with Crippen molar-refractivity contribution < 1.29 is 4.57 Å². The van der Waals surface area contributed by atoms with Gasteiger partial charge in [-0.1, -0.05) is 174 Å². The van der Waals surface area contributed by atoms with E-state index in [-0.39, 0.29) is 10.8 Å². The number of aryl methyl sites for hydroxylation is 2. The maximum Gasteiger partial charge on any atom is 0.171 e. The third-order valence-corrected chi connectivity index (χ3v) is 12.4. The smallest absolute Gasteiger partial charge is 0.171 e. The molecule has 0 aliphatic rings. The highest BCUT2D eigenvalue weighted by molar-refractivity contribution is 7.85. The fourth-order valence-corrected chi connectivity index (χ4v) is 8.70. The predicted octanol–water partition coefficient (Wildman–Crippen LogP) is 10.9. The zero-order valence-corrected chi connectivity index (χ0v) is 30.4. The van der Waals surface area contributed by atoms with E-state index in [1.807, 2.05) is 60.7 Å². The lowest BCUT2D eigenvalue weighted by molar-refractivity contribution is 0.590. The van der Waals surface area contributed by atoms with Crippen LogP contribution in [0.15, 0.2) is 133 Å². The summed E-state index contributed by atoms with van der Waals surface area (Å²) >= 11 is 0. The molecule has 3 heteroatoms. The van der Waals surface area contributed by atoms with Crippen LogP contribution in [0.2, 0.25) is 0 Å². The Kier molecular flexibility index (Phi) is 8.92. The molecular weight excluding hydrogens is 601 g/mol. The minimum Gasteiger partial charge on any atom is -0.309 e. The molecule has 0 bridgehead atoms. The van der Waals surface area contributed by atoms with Gasteiger partial charge in [0.25, 0.3) is 0 Å². The van der Waals surface area contributed by atoms with Gasteiger partial charge in [0.15, 0.2) is 7.14 Å². The van der Waals surface area contributed by atoms with Crippen molar-refractivity contribution in [2.24, 2.45) is 0 Å². The molecule has 0 atom stereocenters. The second kappa shape index (κ2) is 12.8. The molecule has 6 rings (SSSR count). The Labute approximate surface area is 287 Å². The van der Waals surface area contributed by atoms with E-state index in [0.717, 1.165) is 60.7 Å². The first-order valence-corrected chi connectivity index (χ1v) is 18.5. The molecule has 0 spiro atoms. The normalized spacial score (nSPS) is 12.2. The number of hydrogen-bond acceptors (Lipinski definition) is 2. The van der Waals surface area contributed by atoms with Gasteiger partial charge in [0.05, 0.1) is 11.4 Å². The van der Waals surface area contributed by atoms with Crippen molar-refractivity contribution in [1.82, 2.24) is 4.98 Å². The molecule has 1 heterocycles. The summed E-state index contributed by atoms with van der Waals surface area (Å²) in [5.41, 5.74) is 11.2. The number of pyridine rings is 1. The summed E-state index contributed by atoms with van der Waals surface area (Å²) in [6, 6.07) is 46.5. The van der Waals surface area contributed by atoms with Crippen molar-refractivity contribution in [3.05, 3.63) is 156 Å². The van der Waals surface area contributed by atoms with Gasteiger partial charge < -0.3 is 4.57 Å². The molecule has 6 aromatic rings. The van der Waals surface area contributed by atoms with Gasteiger partial charge in [0.1, 0.15) is 0 Å². The van der Waals surface area contributed by atoms with E-state index in [0.29, 0.717) is 0 Å². The fourth-order valence-electron chi connectivity index (χ4n) is 6.10. The summed E-state index contributed by atoms with van der Waals surface area (Å²) in [6.45, 7) is 17.5. The zero-order chi connectivity index (χ0) is 34.3. The van der Waals surface area contributed by atoms with Gasteiger partial charge in [0, 0.05) is 27.0 Å². The summed E-state index contributed by atoms with van der Waals surface area (Å²) < 4.78 is 15.2. The molecule has 242 valence electrons. The van der Waals surface area contributed by atoms with Crippen LogP contribution in [0.3, 0.4) is 0 Å². The lowest BCUT2D eigenvalue weighted by atomic mass is 9.86. The SMILES string of the molecule is Cc1ccc(P(=O)(c2ccc(C)cc2)c2ccc(-c3cc(-c4ccc(C(C)(C)C)cc4)nc(-c4ccc(C(C)(C)C)cc4)c3)cc2)cc1. The third kappa shape index (κ3) is 6.87. The number of nitrogens with zero attached hydrogens (tertiary/aromatic N) is 1. The zero-order valence-electron chi connectivity index (χ0n) is 29.5. The van der Waals surface area contributed by atoms with E-state index in [4.69, 9.17) is 4.98 Å². The van der Waals surface area contributed by atoms with Gasteiger partial charge in [-0.15, -0.1) is 0 Å². The first-order valence-electron chi connectivity index (χ1n) is 16.8. The van der Waals surface area contributed by atoms with E-state index in [9.17, 15) is 0 Å². The van der Waals surface area contributed by atoms with Crippen LogP contribution in [0.25, 0.3) is 33.6 Å². The molecule has 0 fully saturated rings. The highest BCUT2D eigenvalue weighted by Gasteiger charge is 2.30. The van der Waals surface area contributed by atoms with E-state index in [1.165, 1.54) is 11.1 Å². The maximum atomic E-state index is 15.2. The van der Waals surface area contributed by atoms with Crippen LogP contribution in [-0.2, 0) is 15.4 Å². The molecule has 0 amide bonds. The lowest BCUT2D eigenvalue weighted by Crippen LogP contribution is -2.25.